The Kier molecular flexibility index (Phi) is 4.58. The zero-order valence-corrected chi connectivity index (χ0v) is 13.3. The Labute approximate surface area is 142 Å². The normalized spacial score (nSPS) is 16.6. The van der Waals surface area contributed by atoms with Crippen molar-refractivity contribution in [1.82, 2.24) is 5.06 Å². The highest BCUT2D eigenvalue weighted by atomic mass is 19.1. The molecule has 1 unspecified atom stereocenters. The van der Waals surface area contributed by atoms with Gasteiger partial charge in [0.25, 0.3) is 11.8 Å². The molecule has 7 heteroatoms. The fourth-order valence-corrected chi connectivity index (χ4v) is 2.61. The monoisotopic (exact) mass is 343 g/mol. The van der Waals surface area contributed by atoms with Crippen LogP contribution in [0, 0.1) is 5.82 Å². The fourth-order valence-electron chi connectivity index (χ4n) is 2.61. The average Bonchev–Trinajstić information content (AvgIpc) is 2.63. The van der Waals surface area contributed by atoms with E-state index in [1.807, 2.05) is 6.07 Å². The Morgan fingerprint density at radius 1 is 1.16 bits per heavy atom. The number of fused-ring (bicyclic) bond motifs is 1. The van der Waals surface area contributed by atoms with E-state index in [2.05, 4.69) is 4.74 Å². The molecule has 0 aromatic heterocycles. The maximum Gasteiger partial charge on any atom is 0.322 e. The molecule has 1 atom stereocenters. The van der Waals surface area contributed by atoms with E-state index in [0.717, 1.165) is 24.8 Å². The lowest BCUT2D eigenvalue weighted by Gasteiger charge is -2.30. The number of amides is 2. The van der Waals surface area contributed by atoms with E-state index in [9.17, 15) is 18.8 Å². The number of esters is 1. The maximum atomic E-state index is 13.5. The van der Waals surface area contributed by atoms with Crippen LogP contribution in [0.4, 0.5) is 4.39 Å². The molecule has 0 spiro atoms. The minimum atomic E-state index is -1.38. The summed E-state index contributed by atoms with van der Waals surface area (Å²) < 4.78 is 18.2. The zero-order chi connectivity index (χ0) is 18.0. The van der Waals surface area contributed by atoms with Gasteiger partial charge in [0.1, 0.15) is 12.4 Å². The van der Waals surface area contributed by atoms with Crippen molar-refractivity contribution >= 4 is 17.8 Å². The first kappa shape index (κ1) is 16.8. The number of carbonyl (C=O) groups excluding carboxylic acids is 3. The van der Waals surface area contributed by atoms with Crippen LogP contribution in [0.1, 0.15) is 27.4 Å². The molecule has 0 N–H and O–H groups in total. The molecule has 2 amide bonds. The van der Waals surface area contributed by atoms with Crippen LogP contribution in [0.2, 0.25) is 0 Å². The van der Waals surface area contributed by atoms with Crippen molar-refractivity contribution in [3.8, 4) is 0 Å². The number of benzene rings is 2. The van der Waals surface area contributed by atoms with Gasteiger partial charge >= 0.3 is 5.97 Å². The molecule has 1 aliphatic heterocycles. The highest BCUT2D eigenvalue weighted by Gasteiger charge is 2.44. The van der Waals surface area contributed by atoms with E-state index in [0.29, 0.717) is 5.06 Å². The molecule has 128 valence electrons. The lowest BCUT2D eigenvalue weighted by Crippen LogP contribution is -2.47. The molecular formula is C18H14FNO5. The Balaban J connectivity index is 1.95. The maximum absolute atomic E-state index is 13.5. The molecule has 0 saturated carbocycles. The van der Waals surface area contributed by atoms with Gasteiger partial charge in [0.2, 0.25) is 0 Å². The molecule has 0 fully saturated rings. The number of hydroxylamine groups is 2. The van der Waals surface area contributed by atoms with Gasteiger partial charge in [-0.15, -0.1) is 5.06 Å². The first-order valence-corrected chi connectivity index (χ1v) is 7.45. The predicted molar refractivity (Wildman–Crippen MR) is 83.6 cm³/mol. The number of ether oxygens (including phenoxy) is 1. The van der Waals surface area contributed by atoms with E-state index >= 15 is 0 Å². The number of nitrogens with zero attached hydrogens (tertiary/aromatic N) is 1. The van der Waals surface area contributed by atoms with Crippen LogP contribution in [0.25, 0.3) is 0 Å². The third kappa shape index (κ3) is 3.14. The number of methoxy groups -OCH3 is 1. The van der Waals surface area contributed by atoms with Gasteiger partial charge < -0.3 is 4.74 Å². The van der Waals surface area contributed by atoms with E-state index in [-0.39, 0.29) is 17.7 Å². The standard InChI is InChI=1S/C18H14FNO5/c1-24-18(23)15-13-8-7-12(19)9-14(13)16(21)20(17(15)22)25-10-11-5-3-2-4-6-11/h2-9,15H,10H2,1H3. The lowest BCUT2D eigenvalue weighted by atomic mass is 9.89. The SMILES string of the molecule is COC(=O)C1C(=O)N(OCc2ccccc2)C(=O)c2cc(F)ccc21. The molecule has 2 aromatic rings. The molecule has 0 aliphatic carbocycles. The summed E-state index contributed by atoms with van der Waals surface area (Å²) in [6.07, 6.45) is 0. The largest absolute Gasteiger partial charge is 0.468 e. The molecule has 1 heterocycles. The van der Waals surface area contributed by atoms with Gasteiger partial charge in [-0.05, 0) is 23.3 Å². The number of rotatable bonds is 4. The number of hydrogen-bond donors (Lipinski definition) is 0. The molecule has 0 saturated heterocycles. The van der Waals surface area contributed by atoms with E-state index in [4.69, 9.17) is 4.84 Å². The topological polar surface area (TPSA) is 72.9 Å². The molecule has 0 bridgehead atoms. The Hall–Kier alpha value is -3.06. The third-order valence-electron chi connectivity index (χ3n) is 3.83. The minimum Gasteiger partial charge on any atom is -0.468 e. The predicted octanol–water partition coefficient (Wildman–Crippen LogP) is 2.20. The molecule has 1 aliphatic rings. The van der Waals surface area contributed by atoms with Crippen LogP contribution in [-0.2, 0) is 25.8 Å². The smallest absolute Gasteiger partial charge is 0.322 e. The Morgan fingerprint density at radius 2 is 1.88 bits per heavy atom. The highest BCUT2D eigenvalue weighted by molar-refractivity contribution is 6.17. The summed E-state index contributed by atoms with van der Waals surface area (Å²) >= 11 is 0. The van der Waals surface area contributed by atoms with Crippen LogP contribution in [0.15, 0.2) is 48.5 Å². The van der Waals surface area contributed by atoms with Gasteiger partial charge in [-0.25, -0.2) is 4.39 Å². The molecular weight excluding hydrogens is 329 g/mol. The summed E-state index contributed by atoms with van der Waals surface area (Å²) in [5.74, 6) is -4.58. The van der Waals surface area contributed by atoms with Gasteiger partial charge in [0.05, 0.1) is 7.11 Å². The van der Waals surface area contributed by atoms with Crippen molar-refractivity contribution in [3.05, 3.63) is 71.0 Å². The van der Waals surface area contributed by atoms with Crippen LogP contribution in [-0.4, -0.2) is 30.0 Å². The van der Waals surface area contributed by atoms with Crippen LogP contribution < -0.4 is 0 Å². The fraction of sp³-hybridized carbons (Fsp3) is 0.167. The second kappa shape index (κ2) is 6.82. The van der Waals surface area contributed by atoms with Gasteiger partial charge in [-0.2, -0.15) is 0 Å². The van der Waals surface area contributed by atoms with E-state index in [1.54, 1.807) is 24.3 Å². The lowest BCUT2D eigenvalue weighted by molar-refractivity contribution is -0.179. The molecule has 3 rings (SSSR count). The number of imide groups is 1. The molecule has 2 aromatic carbocycles. The summed E-state index contributed by atoms with van der Waals surface area (Å²) in [6.45, 7) is -0.0587. The zero-order valence-electron chi connectivity index (χ0n) is 13.3. The van der Waals surface area contributed by atoms with Gasteiger partial charge in [-0.3, -0.25) is 19.2 Å². The first-order chi connectivity index (χ1) is 12.0. The second-order valence-corrected chi connectivity index (χ2v) is 5.38. The number of halogens is 1. The first-order valence-electron chi connectivity index (χ1n) is 7.45. The quantitative estimate of drug-likeness (QED) is 0.483. The molecule has 25 heavy (non-hydrogen) atoms. The molecule has 6 nitrogen and oxygen atoms in total. The van der Waals surface area contributed by atoms with Crippen molar-refractivity contribution in [1.29, 1.82) is 0 Å². The van der Waals surface area contributed by atoms with E-state index in [1.165, 1.54) is 6.07 Å². The number of hydrogen-bond acceptors (Lipinski definition) is 5. The van der Waals surface area contributed by atoms with Crippen molar-refractivity contribution < 1.29 is 28.3 Å². The van der Waals surface area contributed by atoms with Crippen molar-refractivity contribution in [2.24, 2.45) is 0 Å². The molecule has 0 radical (unpaired) electrons. The summed E-state index contributed by atoms with van der Waals surface area (Å²) in [6, 6.07) is 12.2. The average molecular weight is 343 g/mol. The van der Waals surface area contributed by atoms with Crippen LogP contribution in [0.3, 0.4) is 0 Å². The summed E-state index contributed by atoms with van der Waals surface area (Å²) in [5, 5.41) is 0.496. The van der Waals surface area contributed by atoms with Crippen molar-refractivity contribution in [3.63, 3.8) is 0 Å². The van der Waals surface area contributed by atoms with Crippen molar-refractivity contribution in [2.45, 2.75) is 12.5 Å². The van der Waals surface area contributed by atoms with Crippen LogP contribution in [0.5, 0.6) is 0 Å². The summed E-state index contributed by atoms with van der Waals surface area (Å²) in [7, 11) is 1.13. The van der Waals surface area contributed by atoms with Gasteiger partial charge in [-0.1, -0.05) is 36.4 Å². The summed E-state index contributed by atoms with van der Waals surface area (Å²) in [4.78, 5) is 42.4. The minimum absolute atomic E-state index is 0.0587. The number of carbonyl (C=O) groups is 3. The summed E-state index contributed by atoms with van der Waals surface area (Å²) in [5.41, 5.74) is 0.716. The van der Waals surface area contributed by atoms with Crippen LogP contribution >= 0.6 is 0 Å². The third-order valence-corrected chi connectivity index (χ3v) is 3.83. The highest BCUT2D eigenvalue weighted by Crippen LogP contribution is 2.31. The Morgan fingerprint density at radius 3 is 2.56 bits per heavy atom. The van der Waals surface area contributed by atoms with Crippen molar-refractivity contribution in [2.75, 3.05) is 7.11 Å². The van der Waals surface area contributed by atoms with Gasteiger partial charge in [0.15, 0.2) is 5.92 Å². The Bertz CT molecular complexity index is 837. The second-order valence-electron chi connectivity index (χ2n) is 5.38. The van der Waals surface area contributed by atoms with Gasteiger partial charge in [0, 0.05) is 5.56 Å². The van der Waals surface area contributed by atoms with E-state index < -0.39 is 29.5 Å².